The Hall–Kier alpha value is -2.25. The van der Waals surface area contributed by atoms with Crippen molar-refractivity contribution in [1.29, 1.82) is 15.8 Å². The van der Waals surface area contributed by atoms with Gasteiger partial charge in [-0.25, -0.2) is 0 Å². The second kappa shape index (κ2) is 4.09. The molecule has 80 valence electrons. The van der Waals surface area contributed by atoms with E-state index >= 15 is 0 Å². The molecule has 1 aliphatic heterocycles. The van der Waals surface area contributed by atoms with Crippen LogP contribution in [0.1, 0.15) is 27.2 Å². The van der Waals surface area contributed by atoms with E-state index in [1.807, 2.05) is 26.8 Å². The number of ether oxygens (including phenoxy) is 1. The highest BCUT2D eigenvalue weighted by Crippen LogP contribution is 2.40. The fraction of sp³-hybridized carbons (Fsp3) is 0.417. The molecule has 1 heterocycles. The zero-order valence-electron chi connectivity index (χ0n) is 9.46. The van der Waals surface area contributed by atoms with Crippen LogP contribution < -0.4 is 0 Å². The molecule has 0 aromatic heterocycles. The first-order chi connectivity index (χ1) is 7.51. The van der Waals surface area contributed by atoms with E-state index < -0.39 is 5.60 Å². The van der Waals surface area contributed by atoms with Crippen LogP contribution in [-0.4, -0.2) is 5.60 Å². The van der Waals surface area contributed by atoms with Crippen molar-refractivity contribution in [3.05, 3.63) is 22.5 Å². The van der Waals surface area contributed by atoms with Gasteiger partial charge in [0.05, 0.1) is 5.57 Å². The van der Waals surface area contributed by atoms with Crippen LogP contribution in [0.2, 0.25) is 0 Å². The van der Waals surface area contributed by atoms with Crippen LogP contribution in [0, 0.1) is 34.0 Å². The third-order valence-electron chi connectivity index (χ3n) is 2.53. The summed E-state index contributed by atoms with van der Waals surface area (Å²) in [5.41, 5.74) is 0.389. The number of nitrogens with zero attached hydrogens (tertiary/aromatic N) is 3. The average Bonchev–Trinajstić information content (AvgIpc) is 2.50. The SMILES string of the molecule is CCC1=C(C#N)C(=C(C#N)C#N)OC1(C)C. The summed E-state index contributed by atoms with van der Waals surface area (Å²) in [4.78, 5) is 0. The molecule has 0 unspecified atom stereocenters. The number of nitriles is 3. The molecule has 0 aromatic carbocycles. The molecule has 1 rings (SSSR count). The number of rotatable bonds is 1. The van der Waals surface area contributed by atoms with Gasteiger partial charge in [0.15, 0.2) is 11.3 Å². The van der Waals surface area contributed by atoms with Gasteiger partial charge in [-0.1, -0.05) is 6.92 Å². The minimum Gasteiger partial charge on any atom is -0.480 e. The molecule has 0 fully saturated rings. The number of allylic oxidation sites excluding steroid dienone is 2. The third-order valence-corrected chi connectivity index (χ3v) is 2.53. The fourth-order valence-corrected chi connectivity index (χ4v) is 1.83. The van der Waals surface area contributed by atoms with Gasteiger partial charge < -0.3 is 4.74 Å². The Morgan fingerprint density at radius 3 is 2.19 bits per heavy atom. The van der Waals surface area contributed by atoms with Crippen LogP contribution in [0.5, 0.6) is 0 Å². The van der Waals surface area contributed by atoms with Crippen LogP contribution in [-0.2, 0) is 4.74 Å². The van der Waals surface area contributed by atoms with Crippen LogP contribution in [0.25, 0.3) is 0 Å². The first-order valence-corrected chi connectivity index (χ1v) is 4.89. The van der Waals surface area contributed by atoms with Gasteiger partial charge in [-0.3, -0.25) is 0 Å². The van der Waals surface area contributed by atoms with E-state index in [9.17, 15) is 0 Å². The topological polar surface area (TPSA) is 80.6 Å². The van der Waals surface area contributed by atoms with Gasteiger partial charge in [0.25, 0.3) is 0 Å². The van der Waals surface area contributed by atoms with E-state index in [4.69, 9.17) is 20.5 Å². The minimum absolute atomic E-state index is 0.120. The van der Waals surface area contributed by atoms with Crippen molar-refractivity contribution in [2.45, 2.75) is 32.8 Å². The Morgan fingerprint density at radius 2 is 1.81 bits per heavy atom. The molecule has 4 heteroatoms. The van der Waals surface area contributed by atoms with Gasteiger partial charge in [-0.05, 0) is 25.8 Å². The van der Waals surface area contributed by atoms with Crippen molar-refractivity contribution in [3.8, 4) is 18.2 Å². The standard InChI is InChI=1S/C12H11N3O/c1-4-10-9(7-15)11(8(5-13)6-14)16-12(10,2)3/h4H2,1-3H3. The van der Waals surface area contributed by atoms with Crippen molar-refractivity contribution in [1.82, 2.24) is 0 Å². The minimum atomic E-state index is -0.617. The maximum atomic E-state index is 9.07. The summed E-state index contributed by atoms with van der Waals surface area (Å²) in [7, 11) is 0. The molecule has 0 bridgehead atoms. The van der Waals surface area contributed by atoms with E-state index in [-0.39, 0.29) is 11.3 Å². The molecule has 4 nitrogen and oxygen atoms in total. The molecule has 0 radical (unpaired) electrons. The predicted molar refractivity (Wildman–Crippen MR) is 56.3 cm³/mol. The van der Waals surface area contributed by atoms with Gasteiger partial charge in [-0.15, -0.1) is 0 Å². The average molecular weight is 213 g/mol. The van der Waals surface area contributed by atoms with Gasteiger partial charge in [0.1, 0.15) is 23.8 Å². The van der Waals surface area contributed by atoms with E-state index in [1.165, 1.54) is 0 Å². The first-order valence-electron chi connectivity index (χ1n) is 4.89. The molecule has 0 N–H and O–H groups in total. The van der Waals surface area contributed by atoms with Crippen molar-refractivity contribution in [2.75, 3.05) is 0 Å². The number of hydrogen-bond acceptors (Lipinski definition) is 4. The first kappa shape index (κ1) is 11.8. The zero-order valence-corrected chi connectivity index (χ0v) is 9.46. The zero-order chi connectivity index (χ0) is 12.3. The van der Waals surface area contributed by atoms with Crippen LogP contribution in [0.15, 0.2) is 22.5 Å². The van der Waals surface area contributed by atoms with Crippen LogP contribution >= 0.6 is 0 Å². The van der Waals surface area contributed by atoms with Crippen LogP contribution in [0.4, 0.5) is 0 Å². The van der Waals surface area contributed by atoms with Gasteiger partial charge >= 0.3 is 0 Å². The summed E-state index contributed by atoms with van der Waals surface area (Å²) in [5.74, 6) is 0.120. The normalized spacial score (nSPS) is 17.1. The Labute approximate surface area is 94.7 Å². The lowest BCUT2D eigenvalue weighted by Gasteiger charge is -2.21. The second-order valence-corrected chi connectivity index (χ2v) is 3.86. The summed E-state index contributed by atoms with van der Waals surface area (Å²) >= 11 is 0. The fourth-order valence-electron chi connectivity index (χ4n) is 1.83. The molecule has 1 aliphatic rings. The molecule has 0 spiro atoms. The highest BCUT2D eigenvalue weighted by molar-refractivity contribution is 5.57. The second-order valence-electron chi connectivity index (χ2n) is 3.86. The summed E-state index contributed by atoms with van der Waals surface area (Å²) < 4.78 is 5.54. The monoisotopic (exact) mass is 213 g/mol. The lowest BCUT2D eigenvalue weighted by Crippen LogP contribution is -2.21. The molecule has 0 amide bonds. The quantitative estimate of drug-likeness (QED) is 0.626. The van der Waals surface area contributed by atoms with E-state index in [0.29, 0.717) is 12.0 Å². The lowest BCUT2D eigenvalue weighted by atomic mass is 9.93. The summed E-state index contributed by atoms with van der Waals surface area (Å²) in [6, 6.07) is 5.51. The number of hydrogen-bond donors (Lipinski definition) is 0. The largest absolute Gasteiger partial charge is 0.480 e. The maximum Gasteiger partial charge on any atom is 0.172 e. The molecular formula is C12H11N3O. The van der Waals surface area contributed by atoms with Gasteiger partial charge in [-0.2, -0.15) is 15.8 Å². The van der Waals surface area contributed by atoms with Crippen molar-refractivity contribution < 1.29 is 4.74 Å². The molecule has 0 aliphatic carbocycles. The summed E-state index contributed by atoms with van der Waals surface area (Å²) in [6.45, 7) is 5.56. The van der Waals surface area contributed by atoms with E-state index in [2.05, 4.69) is 0 Å². The molecule has 0 aromatic rings. The Bertz CT molecular complexity index is 488. The maximum absolute atomic E-state index is 9.07. The third kappa shape index (κ3) is 1.64. The Balaban J connectivity index is 3.51. The van der Waals surface area contributed by atoms with Crippen LogP contribution in [0.3, 0.4) is 0 Å². The van der Waals surface area contributed by atoms with Gasteiger partial charge in [0, 0.05) is 0 Å². The smallest absolute Gasteiger partial charge is 0.172 e. The molecule has 0 saturated carbocycles. The highest BCUT2D eigenvalue weighted by Gasteiger charge is 2.38. The molecule has 16 heavy (non-hydrogen) atoms. The van der Waals surface area contributed by atoms with E-state index in [1.54, 1.807) is 12.1 Å². The highest BCUT2D eigenvalue weighted by atomic mass is 16.5. The molecule has 0 atom stereocenters. The van der Waals surface area contributed by atoms with E-state index in [0.717, 1.165) is 5.57 Å². The van der Waals surface area contributed by atoms with Crippen molar-refractivity contribution in [2.24, 2.45) is 0 Å². The van der Waals surface area contributed by atoms with Gasteiger partial charge in [0.2, 0.25) is 0 Å². The summed E-state index contributed by atoms with van der Waals surface area (Å²) in [6.07, 6.45) is 0.656. The molecular weight excluding hydrogens is 202 g/mol. The Kier molecular flexibility index (Phi) is 3.02. The lowest BCUT2D eigenvalue weighted by molar-refractivity contribution is 0.0906. The predicted octanol–water partition coefficient (Wildman–Crippen LogP) is 2.33. The Morgan fingerprint density at radius 1 is 1.25 bits per heavy atom. The van der Waals surface area contributed by atoms with Crippen molar-refractivity contribution in [3.63, 3.8) is 0 Å². The van der Waals surface area contributed by atoms with Crippen molar-refractivity contribution >= 4 is 0 Å². The molecule has 0 saturated heterocycles. The summed E-state index contributed by atoms with van der Waals surface area (Å²) in [5, 5.41) is 26.6.